The van der Waals surface area contributed by atoms with E-state index in [1.165, 1.54) is 37.9 Å². The van der Waals surface area contributed by atoms with E-state index in [1.807, 2.05) is 24.7 Å². The Bertz CT molecular complexity index is 1330. The quantitative estimate of drug-likeness (QED) is 0.431. The lowest BCUT2D eigenvalue weighted by Crippen LogP contribution is -2.29. The molecule has 0 radical (unpaired) electrons. The molecule has 1 aromatic carbocycles. The van der Waals surface area contributed by atoms with Gasteiger partial charge in [-0.3, -0.25) is 20.0 Å². The standard InChI is InChI=1S/C25H24N6/c1-2-8-31(9-3-1)16-17-10-19(14-27-13-17)18-4-5-23-21(11-18)25(30-29-23)24-12-20-15-26-7-6-22(20)28-24/h4-7,10-15,28H,1-3,8-9,16H2,(H,29,30). The van der Waals surface area contributed by atoms with Gasteiger partial charge in [-0.2, -0.15) is 5.10 Å². The molecule has 31 heavy (non-hydrogen) atoms. The van der Waals surface area contributed by atoms with Gasteiger partial charge in [0.2, 0.25) is 0 Å². The first-order valence-corrected chi connectivity index (χ1v) is 10.9. The molecule has 0 amide bonds. The molecular weight excluding hydrogens is 384 g/mol. The fourth-order valence-corrected chi connectivity index (χ4v) is 4.61. The molecule has 6 rings (SSSR count). The van der Waals surface area contributed by atoms with Crippen LogP contribution < -0.4 is 0 Å². The number of H-pyrrole nitrogens is 2. The van der Waals surface area contributed by atoms with Crippen LogP contribution in [0, 0.1) is 0 Å². The van der Waals surface area contributed by atoms with Crippen molar-refractivity contribution in [1.29, 1.82) is 0 Å². The van der Waals surface area contributed by atoms with Crippen LogP contribution in [0.3, 0.4) is 0 Å². The van der Waals surface area contributed by atoms with E-state index in [4.69, 9.17) is 0 Å². The monoisotopic (exact) mass is 408 g/mol. The second-order valence-electron chi connectivity index (χ2n) is 8.40. The number of fused-ring (bicyclic) bond motifs is 2. The average molecular weight is 409 g/mol. The van der Waals surface area contributed by atoms with Gasteiger partial charge in [-0.15, -0.1) is 0 Å². The van der Waals surface area contributed by atoms with Gasteiger partial charge in [-0.25, -0.2) is 0 Å². The number of benzene rings is 1. The number of aromatic amines is 2. The predicted octanol–water partition coefficient (Wildman–Crippen LogP) is 5.15. The fraction of sp³-hybridized carbons (Fsp3) is 0.240. The molecule has 0 bridgehead atoms. The molecule has 0 aliphatic carbocycles. The van der Waals surface area contributed by atoms with Crippen molar-refractivity contribution < 1.29 is 0 Å². The second kappa shape index (κ2) is 7.63. The Balaban J connectivity index is 1.36. The molecule has 2 N–H and O–H groups in total. The number of likely N-dealkylation sites (tertiary alicyclic amines) is 1. The molecule has 6 nitrogen and oxygen atoms in total. The van der Waals surface area contributed by atoms with E-state index in [2.05, 4.69) is 60.4 Å². The van der Waals surface area contributed by atoms with Gasteiger partial charge in [0.05, 0.1) is 11.2 Å². The molecule has 154 valence electrons. The van der Waals surface area contributed by atoms with Crippen LogP contribution in [0.4, 0.5) is 0 Å². The maximum atomic E-state index is 4.59. The topological polar surface area (TPSA) is 73.5 Å². The normalized spacial score (nSPS) is 15.1. The molecule has 1 fully saturated rings. The Kier molecular flexibility index (Phi) is 4.50. The van der Waals surface area contributed by atoms with Gasteiger partial charge in [0.25, 0.3) is 0 Å². The van der Waals surface area contributed by atoms with Crippen molar-refractivity contribution in [2.75, 3.05) is 13.1 Å². The fourth-order valence-electron chi connectivity index (χ4n) is 4.61. The summed E-state index contributed by atoms with van der Waals surface area (Å²) in [7, 11) is 0. The minimum atomic E-state index is 0.922. The first-order chi connectivity index (χ1) is 15.3. The maximum absolute atomic E-state index is 4.59. The Morgan fingerprint density at radius 1 is 0.839 bits per heavy atom. The molecule has 6 heteroatoms. The highest BCUT2D eigenvalue weighted by molar-refractivity contribution is 5.97. The Morgan fingerprint density at radius 3 is 2.68 bits per heavy atom. The van der Waals surface area contributed by atoms with Crippen LogP contribution in [-0.2, 0) is 6.54 Å². The van der Waals surface area contributed by atoms with E-state index in [0.717, 1.165) is 50.9 Å². The minimum Gasteiger partial charge on any atom is -0.353 e. The molecular formula is C25H24N6. The highest BCUT2D eigenvalue weighted by atomic mass is 15.1. The first-order valence-electron chi connectivity index (χ1n) is 10.9. The van der Waals surface area contributed by atoms with Crippen molar-refractivity contribution in [3.05, 3.63) is 66.7 Å². The molecule has 5 aromatic rings. The predicted molar refractivity (Wildman–Crippen MR) is 124 cm³/mol. The SMILES string of the molecule is c1cc2[nH]c(-c3n[nH]c4ccc(-c5cncc(CN6CCCCC6)c5)cc34)cc2cn1. The molecule has 0 atom stereocenters. The van der Waals surface area contributed by atoms with Crippen molar-refractivity contribution in [1.82, 2.24) is 30.0 Å². The van der Waals surface area contributed by atoms with E-state index in [9.17, 15) is 0 Å². The molecule has 1 saturated heterocycles. The van der Waals surface area contributed by atoms with Crippen molar-refractivity contribution in [3.63, 3.8) is 0 Å². The summed E-state index contributed by atoms with van der Waals surface area (Å²) in [6.45, 7) is 3.35. The summed E-state index contributed by atoms with van der Waals surface area (Å²) in [5, 5.41) is 9.94. The smallest absolute Gasteiger partial charge is 0.116 e. The lowest BCUT2D eigenvalue weighted by molar-refractivity contribution is 0.220. The van der Waals surface area contributed by atoms with Gasteiger partial charge in [0.1, 0.15) is 5.69 Å². The van der Waals surface area contributed by atoms with Crippen molar-refractivity contribution in [2.24, 2.45) is 0 Å². The van der Waals surface area contributed by atoms with Crippen molar-refractivity contribution >= 4 is 21.8 Å². The number of piperidine rings is 1. The molecule has 1 aliphatic heterocycles. The summed E-state index contributed by atoms with van der Waals surface area (Å²) < 4.78 is 0. The summed E-state index contributed by atoms with van der Waals surface area (Å²) in [4.78, 5) is 14.8. The van der Waals surface area contributed by atoms with Gasteiger partial charge in [0, 0.05) is 53.2 Å². The number of hydrogen-bond acceptors (Lipinski definition) is 4. The number of nitrogens with zero attached hydrogens (tertiary/aromatic N) is 4. The summed E-state index contributed by atoms with van der Waals surface area (Å²) >= 11 is 0. The summed E-state index contributed by atoms with van der Waals surface area (Å²) in [5.74, 6) is 0. The lowest BCUT2D eigenvalue weighted by atomic mass is 10.0. The largest absolute Gasteiger partial charge is 0.353 e. The highest BCUT2D eigenvalue weighted by Crippen LogP contribution is 2.31. The average Bonchev–Trinajstić information content (AvgIpc) is 3.43. The van der Waals surface area contributed by atoms with Crippen molar-refractivity contribution in [2.45, 2.75) is 25.8 Å². The van der Waals surface area contributed by atoms with E-state index in [1.54, 1.807) is 6.20 Å². The summed E-state index contributed by atoms with van der Waals surface area (Å²) in [6.07, 6.45) is 11.6. The Hall–Kier alpha value is -3.51. The number of rotatable bonds is 4. The van der Waals surface area contributed by atoms with Crippen LogP contribution in [-0.4, -0.2) is 43.1 Å². The molecule has 0 unspecified atom stereocenters. The van der Waals surface area contributed by atoms with Gasteiger partial charge < -0.3 is 4.98 Å². The Labute approximate surface area is 180 Å². The third kappa shape index (κ3) is 3.49. The van der Waals surface area contributed by atoms with Crippen LogP contribution >= 0.6 is 0 Å². The van der Waals surface area contributed by atoms with Crippen LogP contribution in [0.5, 0.6) is 0 Å². The van der Waals surface area contributed by atoms with E-state index in [-0.39, 0.29) is 0 Å². The van der Waals surface area contributed by atoms with Gasteiger partial charge >= 0.3 is 0 Å². The van der Waals surface area contributed by atoms with E-state index < -0.39 is 0 Å². The van der Waals surface area contributed by atoms with Crippen LogP contribution in [0.15, 0.2) is 61.2 Å². The molecule has 0 saturated carbocycles. The zero-order chi connectivity index (χ0) is 20.6. The van der Waals surface area contributed by atoms with Crippen molar-refractivity contribution in [3.8, 4) is 22.5 Å². The zero-order valence-corrected chi connectivity index (χ0v) is 17.3. The van der Waals surface area contributed by atoms with E-state index >= 15 is 0 Å². The zero-order valence-electron chi connectivity index (χ0n) is 17.3. The molecule has 4 aromatic heterocycles. The summed E-state index contributed by atoms with van der Waals surface area (Å²) in [6, 6.07) is 12.8. The molecule has 1 aliphatic rings. The number of hydrogen-bond donors (Lipinski definition) is 2. The van der Waals surface area contributed by atoms with E-state index in [0.29, 0.717) is 0 Å². The van der Waals surface area contributed by atoms with Gasteiger partial charge in [-0.1, -0.05) is 12.5 Å². The number of pyridine rings is 2. The van der Waals surface area contributed by atoms with Crippen LogP contribution in [0.1, 0.15) is 24.8 Å². The molecule has 0 spiro atoms. The second-order valence-corrected chi connectivity index (χ2v) is 8.40. The number of aromatic nitrogens is 5. The van der Waals surface area contributed by atoms with Gasteiger partial charge in [-0.05, 0) is 67.4 Å². The summed E-state index contributed by atoms with van der Waals surface area (Å²) in [5.41, 5.74) is 7.56. The maximum Gasteiger partial charge on any atom is 0.116 e. The Morgan fingerprint density at radius 2 is 1.77 bits per heavy atom. The first kappa shape index (κ1) is 18.3. The van der Waals surface area contributed by atoms with Crippen LogP contribution in [0.2, 0.25) is 0 Å². The van der Waals surface area contributed by atoms with Gasteiger partial charge in [0.15, 0.2) is 0 Å². The highest BCUT2D eigenvalue weighted by Gasteiger charge is 2.14. The number of nitrogens with one attached hydrogen (secondary N) is 2. The third-order valence-electron chi connectivity index (χ3n) is 6.22. The van der Waals surface area contributed by atoms with Crippen LogP contribution in [0.25, 0.3) is 44.3 Å². The minimum absolute atomic E-state index is 0.922. The molecule has 5 heterocycles. The lowest BCUT2D eigenvalue weighted by Gasteiger charge is -2.26. The third-order valence-corrected chi connectivity index (χ3v) is 6.22.